The lowest BCUT2D eigenvalue weighted by Crippen LogP contribution is -2.46. The zero-order chi connectivity index (χ0) is 16.6. The Hall–Kier alpha value is -2.69. The summed E-state index contributed by atoms with van der Waals surface area (Å²) in [6, 6.07) is 0. The van der Waals surface area contributed by atoms with Gasteiger partial charge >= 0.3 is 29.8 Å². The second-order valence-corrected chi connectivity index (χ2v) is 3.92. The minimum absolute atomic E-state index is 0.301. The van der Waals surface area contributed by atoms with Crippen molar-refractivity contribution in [3.8, 4) is 0 Å². The van der Waals surface area contributed by atoms with Crippen LogP contribution in [0.3, 0.4) is 0 Å². The van der Waals surface area contributed by atoms with Gasteiger partial charge in [-0.15, -0.1) is 0 Å². The minimum atomic E-state index is -1.86. The van der Waals surface area contributed by atoms with Crippen molar-refractivity contribution < 1.29 is 44.4 Å². The summed E-state index contributed by atoms with van der Waals surface area (Å²) in [4.78, 5) is 54.8. The fourth-order valence-corrected chi connectivity index (χ4v) is 1.41. The van der Waals surface area contributed by atoms with Gasteiger partial charge in [-0.05, 0) is 0 Å². The van der Waals surface area contributed by atoms with E-state index in [9.17, 15) is 24.0 Å². The maximum Gasteiger partial charge on any atom is 0.394 e. The molecule has 0 heterocycles. The number of nitrogens with zero attached hydrogens (tertiary/aromatic N) is 2. The van der Waals surface area contributed by atoms with E-state index in [-0.39, 0.29) is 6.54 Å². The molecule has 0 bridgehead atoms. The Morgan fingerprint density at radius 2 is 1.10 bits per heavy atom. The molecular formula is C10H14N2O9. The summed E-state index contributed by atoms with van der Waals surface area (Å²) >= 11 is 0. The fraction of sp³-hybridized carbons (Fsp3) is 0.500. The molecule has 11 nitrogen and oxygen atoms in total. The van der Waals surface area contributed by atoms with Gasteiger partial charge in [0.05, 0.1) is 13.1 Å². The second kappa shape index (κ2) is 8.47. The van der Waals surface area contributed by atoms with E-state index in [4.69, 9.17) is 20.4 Å². The van der Waals surface area contributed by atoms with Crippen LogP contribution in [-0.4, -0.2) is 92.7 Å². The quantitative estimate of drug-likeness (QED) is 0.332. The van der Waals surface area contributed by atoms with Crippen molar-refractivity contribution in [2.75, 3.05) is 32.7 Å². The van der Waals surface area contributed by atoms with E-state index in [1.165, 1.54) is 0 Å². The van der Waals surface area contributed by atoms with E-state index in [1.54, 1.807) is 0 Å². The average molecular weight is 306 g/mol. The summed E-state index contributed by atoms with van der Waals surface area (Å²) in [7, 11) is 0. The molecule has 0 saturated heterocycles. The summed E-state index contributed by atoms with van der Waals surface area (Å²) in [6.45, 7) is -2.91. The molecule has 0 atom stereocenters. The lowest BCUT2D eigenvalue weighted by Gasteiger charge is -2.23. The molecule has 0 spiro atoms. The van der Waals surface area contributed by atoms with E-state index in [0.29, 0.717) is 4.90 Å². The maximum atomic E-state index is 11.2. The Labute approximate surface area is 118 Å². The van der Waals surface area contributed by atoms with Crippen molar-refractivity contribution >= 4 is 29.8 Å². The van der Waals surface area contributed by atoms with Crippen LogP contribution in [0.1, 0.15) is 0 Å². The number of hydrogen-bond donors (Lipinski definition) is 4. The van der Waals surface area contributed by atoms with E-state index in [2.05, 4.69) is 0 Å². The molecule has 0 rings (SSSR count). The number of carbonyl (C=O) groups is 5. The Bertz CT molecular complexity index is 432. The first kappa shape index (κ1) is 18.3. The number of carbonyl (C=O) groups excluding carboxylic acids is 1. The van der Waals surface area contributed by atoms with Crippen LogP contribution in [0.2, 0.25) is 0 Å². The highest BCUT2D eigenvalue weighted by atomic mass is 16.4. The van der Waals surface area contributed by atoms with Gasteiger partial charge in [-0.25, -0.2) is 4.79 Å². The van der Waals surface area contributed by atoms with E-state index >= 15 is 0 Å². The molecule has 0 unspecified atom stereocenters. The first-order valence-corrected chi connectivity index (χ1v) is 5.53. The van der Waals surface area contributed by atoms with Crippen LogP contribution in [0.25, 0.3) is 0 Å². The third-order valence-corrected chi connectivity index (χ3v) is 2.20. The Morgan fingerprint density at radius 3 is 1.43 bits per heavy atom. The van der Waals surface area contributed by atoms with Gasteiger partial charge in [0.15, 0.2) is 0 Å². The summed E-state index contributed by atoms with van der Waals surface area (Å²) in [5.41, 5.74) is 0. The third kappa shape index (κ3) is 8.15. The first-order chi connectivity index (χ1) is 9.63. The van der Waals surface area contributed by atoms with Crippen molar-refractivity contribution in [2.24, 2.45) is 0 Å². The highest BCUT2D eigenvalue weighted by Gasteiger charge is 2.24. The molecule has 0 aliphatic rings. The van der Waals surface area contributed by atoms with Gasteiger partial charge in [0, 0.05) is 13.1 Å². The summed E-state index contributed by atoms with van der Waals surface area (Å²) in [5.74, 6) is -7.41. The van der Waals surface area contributed by atoms with Crippen LogP contribution in [0.15, 0.2) is 0 Å². The van der Waals surface area contributed by atoms with Crippen molar-refractivity contribution in [3.63, 3.8) is 0 Å². The number of amides is 1. The molecule has 0 aromatic heterocycles. The van der Waals surface area contributed by atoms with E-state index in [1.807, 2.05) is 0 Å². The van der Waals surface area contributed by atoms with Gasteiger partial charge in [0.1, 0.15) is 6.54 Å². The monoisotopic (exact) mass is 306 g/mol. The second-order valence-electron chi connectivity index (χ2n) is 3.92. The third-order valence-electron chi connectivity index (χ3n) is 2.20. The number of carboxylic acids is 4. The number of rotatable bonds is 9. The fourth-order valence-electron chi connectivity index (χ4n) is 1.41. The van der Waals surface area contributed by atoms with Crippen molar-refractivity contribution in [1.82, 2.24) is 9.80 Å². The maximum absolute atomic E-state index is 11.2. The highest BCUT2D eigenvalue weighted by molar-refractivity contribution is 6.31. The number of carboxylic acid groups (broad SMARTS) is 4. The Kier molecular flexibility index (Phi) is 7.39. The summed E-state index contributed by atoms with van der Waals surface area (Å²) in [6.07, 6.45) is 0. The van der Waals surface area contributed by atoms with Gasteiger partial charge in [-0.3, -0.25) is 24.1 Å². The topological polar surface area (TPSA) is 173 Å². The predicted molar refractivity (Wildman–Crippen MR) is 63.6 cm³/mol. The smallest absolute Gasteiger partial charge is 0.394 e. The Morgan fingerprint density at radius 1 is 0.667 bits per heavy atom. The van der Waals surface area contributed by atoms with Gasteiger partial charge in [0.2, 0.25) is 0 Å². The molecule has 118 valence electrons. The first-order valence-electron chi connectivity index (χ1n) is 5.53. The molecule has 0 radical (unpaired) electrons. The van der Waals surface area contributed by atoms with E-state index < -0.39 is 56.0 Å². The molecule has 4 N–H and O–H groups in total. The van der Waals surface area contributed by atoms with Crippen LogP contribution >= 0.6 is 0 Å². The van der Waals surface area contributed by atoms with Gasteiger partial charge in [-0.2, -0.15) is 0 Å². The molecule has 0 aliphatic heterocycles. The normalized spacial score (nSPS) is 10.1. The van der Waals surface area contributed by atoms with Crippen molar-refractivity contribution in [2.45, 2.75) is 0 Å². The molecule has 1 amide bonds. The van der Waals surface area contributed by atoms with Gasteiger partial charge in [0.25, 0.3) is 0 Å². The standard InChI is InChI=1S/C10H14N2O9/c13-6(14)3-11(4-7(15)16)1-2-12(5-8(17)18)9(19)10(20)21/h1-5H2,(H,13,14)(H,15,16)(H,17,18)(H,20,21). The van der Waals surface area contributed by atoms with Crippen LogP contribution in [0.5, 0.6) is 0 Å². The SMILES string of the molecule is O=C(O)CN(CCN(CC(=O)O)C(=O)C(=O)O)CC(=O)O. The van der Waals surface area contributed by atoms with Crippen molar-refractivity contribution in [3.05, 3.63) is 0 Å². The molecule has 0 aliphatic carbocycles. The lowest BCUT2D eigenvalue weighted by atomic mass is 10.3. The number of hydrogen-bond acceptors (Lipinski definition) is 6. The molecule has 0 aromatic carbocycles. The van der Waals surface area contributed by atoms with Gasteiger partial charge in [-0.1, -0.05) is 0 Å². The Balaban J connectivity index is 4.76. The molecule has 0 fully saturated rings. The molecule has 11 heteroatoms. The van der Waals surface area contributed by atoms with E-state index in [0.717, 1.165) is 4.90 Å². The zero-order valence-electron chi connectivity index (χ0n) is 10.8. The number of aliphatic carboxylic acids is 4. The van der Waals surface area contributed by atoms with Gasteiger partial charge < -0.3 is 25.3 Å². The lowest BCUT2D eigenvalue weighted by molar-refractivity contribution is -0.158. The minimum Gasteiger partial charge on any atom is -0.480 e. The largest absolute Gasteiger partial charge is 0.480 e. The molecule has 0 aromatic rings. The van der Waals surface area contributed by atoms with Crippen molar-refractivity contribution in [1.29, 1.82) is 0 Å². The van der Waals surface area contributed by atoms with Crippen LogP contribution in [0.4, 0.5) is 0 Å². The predicted octanol–water partition coefficient (Wildman–Crippen LogP) is -2.54. The van der Waals surface area contributed by atoms with Crippen LogP contribution in [-0.2, 0) is 24.0 Å². The zero-order valence-corrected chi connectivity index (χ0v) is 10.8. The highest BCUT2D eigenvalue weighted by Crippen LogP contribution is 1.95. The average Bonchev–Trinajstić information content (AvgIpc) is 2.31. The summed E-state index contributed by atoms with van der Waals surface area (Å²) < 4.78 is 0. The molecular weight excluding hydrogens is 292 g/mol. The summed E-state index contributed by atoms with van der Waals surface area (Å²) in [5, 5.41) is 34.3. The molecule has 21 heavy (non-hydrogen) atoms. The van der Waals surface area contributed by atoms with Crippen LogP contribution < -0.4 is 0 Å². The molecule has 0 saturated carbocycles. The van der Waals surface area contributed by atoms with Crippen LogP contribution in [0, 0.1) is 0 Å².